The number of carbonyl (C=O) groups excluding carboxylic acids is 1. The molecule has 0 bridgehead atoms. The minimum atomic E-state index is -0.0195. The van der Waals surface area contributed by atoms with Gasteiger partial charge in [-0.2, -0.15) is 0 Å². The molecule has 1 atom stereocenters. The highest BCUT2D eigenvalue weighted by atomic mass is 35.5. The second-order valence-electron chi connectivity index (χ2n) is 7.11. The topological polar surface area (TPSA) is 41.6 Å². The summed E-state index contributed by atoms with van der Waals surface area (Å²) in [6.45, 7) is 2.69. The molecule has 1 aliphatic heterocycles. The van der Waals surface area contributed by atoms with Gasteiger partial charge in [-0.05, 0) is 61.3 Å². The zero-order valence-corrected chi connectivity index (χ0v) is 17.6. The number of ether oxygens (including phenoxy) is 1. The van der Waals surface area contributed by atoms with Gasteiger partial charge in [0, 0.05) is 6.54 Å². The minimum absolute atomic E-state index is 0.0195. The molecule has 1 amide bonds. The lowest BCUT2D eigenvalue weighted by Crippen LogP contribution is -2.41. The molecule has 0 aliphatic carbocycles. The van der Waals surface area contributed by atoms with Crippen molar-refractivity contribution < 1.29 is 9.53 Å². The third-order valence-corrected chi connectivity index (χ3v) is 5.91. The molecule has 2 aromatic carbocycles. The van der Waals surface area contributed by atoms with E-state index in [1.54, 1.807) is 19.2 Å². The predicted octanol–water partition coefficient (Wildman–Crippen LogP) is 4.89. The zero-order chi connectivity index (χ0) is 19.9. The fraction of sp³-hybridized carbons (Fsp3) is 0.409. The number of halogens is 2. The van der Waals surface area contributed by atoms with Crippen LogP contribution in [0.2, 0.25) is 10.0 Å². The van der Waals surface area contributed by atoms with E-state index in [1.807, 2.05) is 18.2 Å². The van der Waals surface area contributed by atoms with Gasteiger partial charge in [-0.1, -0.05) is 47.8 Å². The van der Waals surface area contributed by atoms with Crippen LogP contribution in [0.4, 0.5) is 0 Å². The standard InChI is InChI=1S/C22H26Cl2N2O2/c1-28-18-8-6-17(7-9-18)21(26-11-3-2-4-12-26)15-25-22(27)14-16-5-10-19(23)20(24)13-16/h5-10,13,21H,2-4,11-12,14-15H2,1H3,(H,25,27)/t21-/m0/s1. The number of likely N-dealkylation sites (tertiary alicyclic amines) is 1. The molecule has 1 aliphatic rings. The third kappa shape index (κ3) is 5.63. The van der Waals surface area contributed by atoms with Gasteiger partial charge in [0.05, 0.1) is 29.6 Å². The smallest absolute Gasteiger partial charge is 0.224 e. The average Bonchev–Trinajstić information content (AvgIpc) is 2.72. The van der Waals surface area contributed by atoms with Crippen LogP contribution in [0, 0.1) is 0 Å². The fourth-order valence-electron chi connectivity index (χ4n) is 3.62. The van der Waals surface area contributed by atoms with Crippen LogP contribution < -0.4 is 10.1 Å². The van der Waals surface area contributed by atoms with Crippen LogP contribution in [0.15, 0.2) is 42.5 Å². The first-order valence-electron chi connectivity index (χ1n) is 9.65. The maximum atomic E-state index is 12.5. The Morgan fingerprint density at radius 2 is 1.79 bits per heavy atom. The van der Waals surface area contributed by atoms with Gasteiger partial charge in [-0.3, -0.25) is 9.69 Å². The summed E-state index contributed by atoms with van der Waals surface area (Å²) in [6, 6.07) is 13.6. The quantitative estimate of drug-likeness (QED) is 0.692. The Morgan fingerprint density at radius 1 is 1.07 bits per heavy atom. The van der Waals surface area contributed by atoms with Crippen molar-refractivity contribution >= 4 is 29.1 Å². The Bertz CT molecular complexity index is 790. The lowest BCUT2D eigenvalue weighted by Gasteiger charge is -2.35. The largest absolute Gasteiger partial charge is 0.497 e. The molecule has 0 radical (unpaired) electrons. The van der Waals surface area contributed by atoms with Crippen molar-refractivity contribution in [1.82, 2.24) is 10.2 Å². The number of nitrogens with zero attached hydrogens (tertiary/aromatic N) is 1. The molecule has 2 aromatic rings. The lowest BCUT2D eigenvalue weighted by molar-refractivity contribution is -0.120. The Balaban J connectivity index is 1.66. The van der Waals surface area contributed by atoms with Crippen molar-refractivity contribution in [3.63, 3.8) is 0 Å². The molecule has 150 valence electrons. The van der Waals surface area contributed by atoms with Gasteiger partial charge in [0.25, 0.3) is 0 Å². The molecule has 1 N–H and O–H groups in total. The van der Waals surface area contributed by atoms with Crippen LogP contribution in [0.1, 0.15) is 36.4 Å². The van der Waals surface area contributed by atoms with Crippen LogP contribution in [0.5, 0.6) is 5.75 Å². The van der Waals surface area contributed by atoms with E-state index in [0.717, 1.165) is 24.4 Å². The summed E-state index contributed by atoms with van der Waals surface area (Å²) >= 11 is 12.0. The molecule has 0 unspecified atom stereocenters. The van der Waals surface area contributed by atoms with Gasteiger partial charge in [0.2, 0.25) is 5.91 Å². The van der Waals surface area contributed by atoms with E-state index in [9.17, 15) is 4.79 Å². The summed E-state index contributed by atoms with van der Waals surface area (Å²) in [5.74, 6) is 0.818. The normalized spacial score (nSPS) is 15.8. The molecule has 1 saturated heterocycles. The van der Waals surface area contributed by atoms with Crippen molar-refractivity contribution in [2.24, 2.45) is 0 Å². The second-order valence-corrected chi connectivity index (χ2v) is 7.93. The van der Waals surface area contributed by atoms with Gasteiger partial charge >= 0.3 is 0 Å². The summed E-state index contributed by atoms with van der Waals surface area (Å²) in [5.41, 5.74) is 2.04. The van der Waals surface area contributed by atoms with Crippen molar-refractivity contribution in [2.45, 2.75) is 31.7 Å². The zero-order valence-electron chi connectivity index (χ0n) is 16.1. The van der Waals surface area contributed by atoms with Gasteiger partial charge < -0.3 is 10.1 Å². The monoisotopic (exact) mass is 420 g/mol. The van der Waals surface area contributed by atoms with E-state index in [1.165, 1.54) is 24.8 Å². The first-order valence-corrected chi connectivity index (χ1v) is 10.4. The summed E-state index contributed by atoms with van der Waals surface area (Å²) < 4.78 is 5.27. The molecule has 0 saturated carbocycles. The molecule has 28 heavy (non-hydrogen) atoms. The van der Waals surface area contributed by atoms with Gasteiger partial charge in [0.1, 0.15) is 5.75 Å². The third-order valence-electron chi connectivity index (χ3n) is 5.17. The van der Waals surface area contributed by atoms with Gasteiger partial charge in [-0.15, -0.1) is 0 Å². The number of benzene rings is 2. The maximum Gasteiger partial charge on any atom is 0.224 e. The average molecular weight is 421 g/mol. The van der Waals surface area contributed by atoms with Gasteiger partial charge in [-0.25, -0.2) is 0 Å². The Hall–Kier alpha value is -1.75. The minimum Gasteiger partial charge on any atom is -0.497 e. The number of carbonyl (C=O) groups is 1. The van der Waals surface area contributed by atoms with E-state index in [0.29, 0.717) is 16.6 Å². The first-order chi connectivity index (χ1) is 13.6. The number of methoxy groups -OCH3 is 1. The van der Waals surface area contributed by atoms with Gasteiger partial charge in [0.15, 0.2) is 0 Å². The van der Waals surface area contributed by atoms with Crippen LogP contribution in [0.25, 0.3) is 0 Å². The van der Waals surface area contributed by atoms with E-state index in [2.05, 4.69) is 22.3 Å². The van der Waals surface area contributed by atoms with Crippen molar-refractivity contribution in [1.29, 1.82) is 0 Å². The number of piperidine rings is 1. The molecular formula is C22H26Cl2N2O2. The van der Waals surface area contributed by atoms with Crippen LogP contribution in [-0.4, -0.2) is 37.6 Å². The fourth-order valence-corrected chi connectivity index (χ4v) is 3.94. The highest BCUT2D eigenvalue weighted by Crippen LogP contribution is 2.26. The van der Waals surface area contributed by atoms with Crippen molar-refractivity contribution in [3.05, 3.63) is 63.6 Å². The lowest BCUT2D eigenvalue weighted by atomic mass is 10.0. The SMILES string of the molecule is COc1ccc([C@H](CNC(=O)Cc2ccc(Cl)c(Cl)c2)N2CCCCC2)cc1. The number of hydrogen-bond acceptors (Lipinski definition) is 3. The van der Waals surface area contributed by atoms with E-state index in [4.69, 9.17) is 27.9 Å². The van der Waals surface area contributed by atoms with Crippen LogP contribution in [0.3, 0.4) is 0 Å². The van der Waals surface area contributed by atoms with Crippen LogP contribution >= 0.6 is 23.2 Å². The highest BCUT2D eigenvalue weighted by Gasteiger charge is 2.23. The first kappa shape index (κ1) is 21.0. The molecular weight excluding hydrogens is 395 g/mol. The molecule has 3 rings (SSSR count). The molecule has 4 nitrogen and oxygen atoms in total. The van der Waals surface area contributed by atoms with Crippen LogP contribution in [-0.2, 0) is 11.2 Å². The summed E-state index contributed by atoms with van der Waals surface area (Å²) in [4.78, 5) is 15.0. The molecule has 0 spiro atoms. The molecule has 0 aromatic heterocycles. The molecule has 1 fully saturated rings. The Morgan fingerprint density at radius 3 is 2.43 bits per heavy atom. The molecule has 1 heterocycles. The summed E-state index contributed by atoms with van der Waals surface area (Å²) in [6.07, 6.45) is 3.95. The Kier molecular flexibility index (Phi) is 7.60. The van der Waals surface area contributed by atoms with E-state index >= 15 is 0 Å². The number of amides is 1. The second kappa shape index (κ2) is 10.1. The maximum absolute atomic E-state index is 12.5. The van der Waals surface area contributed by atoms with Crippen molar-refractivity contribution in [3.8, 4) is 5.75 Å². The molecule has 6 heteroatoms. The number of hydrogen-bond donors (Lipinski definition) is 1. The highest BCUT2D eigenvalue weighted by molar-refractivity contribution is 6.42. The number of rotatable bonds is 7. The van der Waals surface area contributed by atoms with E-state index in [-0.39, 0.29) is 18.4 Å². The number of nitrogens with one attached hydrogen (secondary N) is 1. The summed E-state index contributed by atoms with van der Waals surface area (Å²) in [7, 11) is 1.67. The predicted molar refractivity (Wildman–Crippen MR) is 114 cm³/mol. The van der Waals surface area contributed by atoms with Crippen molar-refractivity contribution in [2.75, 3.05) is 26.7 Å². The summed E-state index contributed by atoms with van der Waals surface area (Å²) in [5, 5.41) is 4.07. The van der Waals surface area contributed by atoms with E-state index < -0.39 is 0 Å². The Labute approximate surface area is 176 Å².